The zero-order chi connectivity index (χ0) is 13.4. The van der Waals surface area contributed by atoms with Crippen molar-refractivity contribution >= 4 is 21.6 Å². The standard InChI is InChI=1S/C8H6O8S2/c9-1-3(11)7(15-5(1)13)17-18-8-4(12)2(10)6(14)16-8/h9-14H. The van der Waals surface area contributed by atoms with Crippen molar-refractivity contribution in [1.29, 1.82) is 0 Å². The molecule has 2 rings (SSSR count). The van der Waals surface area contributed by atoms with Crippen LogP contribution in [0.4, 0.5) is 0 Å². The molecule has 0 aliphatic carbocycles. The summed E-state index contributed by atoms with van der Waals surface area (Å²) in [4.78, 5) is 0. The van der Waals surface area contributed by atoms with Gasteiger partial charge in [0.2, 0.25) is 33.2 Å². The molecular weight excluding hydrogens is 288 g/mol. The van der Waals surface area contributed by atoms with E-state index in [1.807, 2.05) is 0 Å². The lowest BCUT2D eigenvalue weighted by atomic mass is 10.5. The predicted molar refractivity (Wildman–Crippen MR) is 59.1 cm³/mol. The number of aromatic hydroxyl groups is 6. The van der Waals surface area contributed by atoms with E-state index < -0.39 is 34.9 Å². The minimum atomic E-state index is -0.857. The maximum Gasteiger partial charge on any atom is 0.331 e. The van der Waals surface area contributed by atoms with Gasteiger partial charge in [-0.25, -0.2) is 0 Å². The average molecular weight is 294 g/mol. The molecule has 0 fully saturated rings. The molecule has 8 nitrogen and oxygen atoms in total. The fourth-order valence-electron chi connectivity index (χ4n) is 0.954. The first-order valence-corrected chi connectivity index (χ1v) is 6.38. The van der Waals surface area contributed by atoms with Gasteiger partial charge in [0.25, 0.3) is 0 Å². The number of hydrogen-bond acceptors (Lipinski definition) is 10. The summed E-state index contributed by atoms with van der Waals surface area (Å²) in [5, 5.41) is 54.2. The van der Waals surface area contributed by atoms with Gasteiger partial charge in [-0.1, -0.05) is 0 Å². The highest BCUT2D eigenvalue weighted by Crippen LogP contribution is 2.54. The zero-order valence-electron chi connectivity index (χ0n) is 8.32. The molecule has 2 aromatic rings. The van der Waals surface area contributed by atoms with Crippen LogP contribution in [0.1, 0.15) is 0 Å². The Morgan fingerprint density at radius 1 is 0.556 bits per heavy atom. The maximum absolute atomic E-state index is 9.30. The molecule has 0 atom stereocenters. The Hall–Kier alpha value is -1.94. The second kappa shape index (κ2) is 4.38. The maximum atomic E-state index is 9.30. The van der Waals surface area contributed by atoms with Crippen molar-refractivity contribution in [2.45, 2.75) is 10.2 Å². The first-order valence-electron chi connectivity index (χ1n) is 4.23. The van der Waals surface area contributed by atoms with Gasteiger partial charge in [-0.3, -0.25) is 0 Å². The monoisotopic (exact) mass is 294 g/mol. The second-order valence-electron chi connectivity index (χ2n) is 2.95. The van der Waals surface area contributed by atoms with Crippen LogP contribution in [0.15, 0.2) is 19.0 Å². The fraction of sp³-hybridized carbons (Fsp3) is 0. The van der Waals surface area contributed by atoms with Crippen LogP contribution in [-0.2, 0) is 0 Å². The summed E-state index contributed by atoms with van der Waals surface area (Å²) >= 11 is 0. The third kappa shape index (κ3) is 1.95. The van der Waals surface area contributed by atoms with Gasteiger partial charge >= 0.3 is 11.9 Å². The van der Waals surface area contributed by atoms with Gasteiger partial charge in [-0.05, 0) is 21.6 Å². The molecule has 18 heavy (non-hydrogen) atoms. The van der Waals surface area contributed by atoms with Crippen molar-refractivity contribution in [2.75, 3.05) is 0 Å². The molecule has 0 saturated carbocycles. The smallest absolute Gasteiger partial charge is 0.331 e. The van der Waals surface area contributed by atoms with Gasteiger partial charge in [-0.15, -0.1) is 0 Å². The lowest BCUT2D eigenvalue weighted by Gasteiger charge is -1.94. The average Bonchev–Trinajstić information content (AvgIpc) is 2.72. The summed E-state index contributed by atoms with van der Waals surface area (Å²) < 4.78 is 9.19. The Morgan fingerprint density at radius 2 is 0.889 bits per heavy atom. The summed E-state index contributed by atoms with van der Waals surface area (Å²) in [5.41, 5.74) is 0. The van der Waals surface area contributed by atoms with Crippen molar-refractivity contribution in [2.24, 2.45) is 0 Å². The largest absolute Gasteiger partial charge is 0.501 e. The minimum Gasteiger partial charge on any atom is -0.501 e. The molecule has 0 bridgehead atoms. The lowest BCUT2D eigenvalue weighted by Crippen LogP contribution is -1.64. The number of rotatable bonds is 3. The number of hydrogen-bond donors (Lipinski definition) is 6. The normalized spacial score (nSPS) is 10.9. The van der Waals surface area contributed by atoms with Gasteiger partial charge in [0, 0.05) is 0 Å². The Labute approximate surface area is 106 Å². The highest BCUT2D eigenvalue weighted by atomic mass is 33.1. The molecule has 0 radical (unpaired) electrons. The highest BCUT2D eigenvalue weighted by Gasteiger charge is 2.23. The SMILES string of the molecule is Oc1oc(SSc2oc(O)c(O)c2O)c(O)c1O. The fourth-order valence-corrected chi connectivity index (χ4v) is 2.81. The molecule has 2 heterocycles. The van der Waals surface area contributed by atoms with Crippen molar-refractivity contribution in [3.8, 4) is 34.9 Å². The third-order valence-corrected chi connectivity index (χ3v) is 3.91. The first kappa shape index (κ1) is 12.5. The number of furan rings is 2. The Kier molecular flexibility index (Phi) is 3.05. The van der Waals surface area contributed by atoms with Crippen molar-refractivity contribution in [1.82, 2.24) is 0 Å². The van der Waals surface area contributed by atoms with Gasteiger partial charge in [0.1, 0.15) is 0 Å². The van der Waals surface area contributed by atoms with Gasteiger partial charge in [-0.2, -0.15) is 0 Å². The van der Waals surface area contributed by atoms with E-state index in [-0.39, 0.29) is 10.2 Å². The molecule has 0 spiro atoms. The van der Waals surface area contributed by atoms with E-state index in [9.17, 15) is 10.2 Å². The van der Waals surface area contributed by atoms with Crippen LogP contribution in [0.2, 0.25) is 0 Å². The Bertz CT molecular complexity index is 534. The van der Waals surface area contributed by atoms with Crippen LogP contribution < -0.4 is 0 Å². The topological polar surface area (TPSA) is 148 Å². The molecular formula is C8H6O8S2. The van der Waals surface area contributed by atoms with Crippen molar-refractivity contribution in [3.05, 3.63) is 0 Å². The van der Waals surface area contributed by atoms with Crippen LogP contribution in [0.3, 0.4) is 0 Å². The molecule has 0 aliphatic heterocycles. The summed E-state index contributed by atoms with van der Waals surface area (Å²) in [5.74, 6) is -4.69. The van der Waals surface area contributed by atoms with Crippen LogP contribution in [0, 0.1) is 0 Å². The Morgan fingerprint density at radius 3 is 1.11 bits per heavy atom. The van der Waals surface area contributed by atoms with E-state index in [0.717, 1.165) is 0 Å². The molecule has 10 heteroatoms. The molecule has 98 valence electrons. The van der Waals surface area contributed by atoms with E-state index in [1.54, 1.807) is 0 Å². The lowest BCUT2D eigenvalue weighted by molar-refractivity contribution is 0.281. The van der Waals surface area contributed by atoms with Crippen LogP contribution in [0.25, 0.3) is 0 Å². The van der Waals surface area contributed by atoms with Crippen molar-refractivity contribution in [3.63, 3.8) is 0 Å². The van der Waals surface area contributed by atoms with E-state index in [1.165, 1.54) is 0 Å². The summed E-state index contributed by atoms with van der Waals surface area (Å²) in [6, 6.07) is 0. The van der Waals surface area contributed by atoms with Crippen molar-refractivity contribution < 1.29 is 39.5 Å². The molecule has 0 aromatic carbocycles. The molecule has 0 amide bonds. The predicted octanol–water partition coefficient (Wildman–Crippen LogP) is 1.91. The second-order valence-corrected chi connectivity index (χ2v) is 5.03. The van der Waals surface area contributed by atoms with Crippen LogP contribution in [0.5, 0.6) is 34.9 Å². The first-order chi connectivity index (χ1) is 8.41. The van der Waals surface area contributed by atoms with Gasteiger partial charge in [0.05, 0.1) is 0 Å². The zero-order valence-corrected chi connectivity index (χ0v) is 9.95. The summed E-state index contributed by atoms with van der Waals surface area (Å²) in [7, 11) is 1.35. The van der Waals surface area contributed by atoms with E-state index >= 15 is 0 Å². The third-order valence-electron chi connectivity index (χ3n) is 1.81. The summed E-state index contributed by atoms with van der Waals surface area (Å²) in [6.07, 6.45) is 0. The minimum absolute atomic E-state index is 0.246. The Balaban J connectivity index is 2.16. The van der Waals surface area contributed by atoms with Crippen LogP contribution >= 0.6 is 21.6 Å². The highest BCUT2D eigenvalue weighted by molar-refractivity contribution is 8.76. The van der Waals surface area contributed by atoms with Gasteiger partial charge < -0.3 is 39.5 Å². The quantitative estimate of drug-likeness (QED) is 0.463. The van der Waals surface area contributed by atoms with E-state index in [0.29, 0.717) is 21.6 Å². The van der Waals surface area contributed by atoms with E-state index in [2.05, 4.69) is 8.83 Å². The molecule has 6 N–H and O–H groups in total. The molecule has 2 aromatic heterocycles. The molecule has 0 saturated heterocycles. The van der Waals surface area contributed by atoms with Gasteiger partial charge in [0.15, 0.2) is 0 Å². The van der Waals surface area contributed by atoms with E-state index in [4.69, 9.17) is 20.4 Å². The molecule has 0 aliphatic rings. The summed E-state index contributed by atoms with van der Waals surface area (Å²) in [6.45, 7) is 0. The van der Waals surface area contributed by atoms with Crippen LogP contribution in [-0.4, -0.2) is 30.6 Å². The molecule has 0 unspecified atom stereocenters.